The predicted octanol–water partition coefficient (Wildman–Crippen LogP) is 9.75. The second kappa shape index (κ2) is 36.0. The van der Waals surface area contributed by atoms with Crippen molar-refractivity contribution in [1.82, 2.24) is 5.32 Å². The summed E-state index contributed by atoms with van der Waals surface area (Å²) in [4.78, 5) is 25.3. The molecule has 0 rings (SSSR count). The molecule has 1 amide bonds. The van der Waals surface area contributed by atoms with Crippen LogP contribution in [-0.4, -0.2) is 79.8 Å². The minimum atomic E-state index is -4.66. The molecule has 55 heavy (non-hydrogen) atoms. The number of amides is 1. The standard InChI is InChI=1S/C45H79N2O7P/c1-6-8-10-12-14-16-18-20-21-22-24-25-27-29-31-33-35-42(48)37-38-45(50)46-43(41-54-55(51,52)53-40-39-47(3,4)5)44(49)36-34-32-30-28-26-23-19-17-15-13-11-9-7-2/h8,10,14,16,20-21,24-25,29,31,33-36,42-44,48-49H,6-7,9,11-13,15,17-19,22-23,26-28,30,32,37-41H2,1-5H3,(H-,46,50,51,52)/b10-8-,16-14-,21-20-,25-24-,31-29-,35-33-,36-34+/t42?,43-,44+/m0/s1. The monoisotopic (exact) mass is 791 g/mol. The maximum Gasteiger partial charge on any atom is 0.268 e. The molecule has 2 unspecified atom stereocenters. The lowest BCUT2D eigenvalue weighted by Crippen LogP contribution is -2.46. The number of aliphatic hydroxyl groups excluding tert-OH is 2. The Kier molecular flexibility index (Phi) is 34.5. The van der Waals surface area contributed by atoms with Gasteiger partial charge in [-0.2, -0.15) is 0 Å². The molecular formula is C45H79N2O7P. The van der Waals surface area contributed by atoms with E-state index in [-0.39, 0.29) is 19.4 Å². The SMILES string of the molecule is CC/C=C\C/C=C\C/C=C\C/C=C\C/C=C\C=C/C(O)CCC(=O)N[C@@H](COP(=O)([O-])OCC[N+](C)(C)C)[C@H](O)/C=C/CCCCCCCCCCCCC. The van der Waals surface area contributed by atoms with Gasteiger partial charge in [-0.15, -0.1) is 0 Å². The summed E-state index contributed by atoms with van der Waals surface area (Å²) in [5.41, 5.74) is 0. The van der Waals surface area contributed by atoms with Gasteiger partial charge in [-0.1, -0.05) is 163 Å². The zero-order valence-corrected chi connectivity index (χ0v) is 36.1. The zero-order chi connectivity index (χ0) is 40.9. The lowest BCUT2D eigenvalue weighted by atomic mass is 10.0. The second-order valence-electron chi connectivity index (χ2n) is 15.2. The van der Waals surface area contributed by atoms with Crippen LogP contribution in [0.4, 0.5) is 0 Å². The number of hydrogen-bond donors (Lipinski definition) is 3. The van der Waals surface area contributed by atoms with Crippen LogP contribution >= 0.6 is 7.82 Å². The topological polar surface area (TPSA) is 128 Å². The number of rotatable bonds is 36. The van der Waals surface area contributed by atoms with Crippen LogP contribution in [0, 0.1) is 0 Å². The maximum absolute atomic E-state index is 12.8. The van der Waals surface area contributed by atoms with Gasteiger partial charge in [0.2, 0.25) is 5.91 Å². The molecule has 0 aliphatic carbocycles. The van der Waals surface area contributed by atoms with Gasteiger partial charge < -0.3 is 34.0 Å². The molecule has 0 radical (unpaired) electrons. The number of phosphoric acid groups is 1. The smallest absolute Gasteiger partial charge is 0.268 e. The number of unbranched alkanes of at least 4 members (excludes halogenated alkanes) is 11. The van der Waals surface area contributed by atoms with Crippen LogP contribution in [0.3, 0.4) is 0 Å². The molecular weight excluding hydrogens is 711 g/mol. The Morgan fingerprint density at radius 3 is 1.78 bits per heavy atom. The molecule has 3 N–H and O–H groups in total. The number of nitrogens with zero attached hydrogens (tertiary/aromatic N) is 1. The highest BCUT2D eigenvalue weighted by molar-refractivity contribution is 7.45. The highest BCUT2D eigenvalue weighted by atomic mass is 31.2. The zero-order valence-electron chi connectivity index (χ0n) is 35.2. The first kappa shape index (κ1) is 52.6. The van der Waals surface area contributed by atoms with Gasteiger partial charge in [0.05, 0.1) is 46.0 Å². The van der Waals surface area contributed by atoms with Gasteiger partial charge in [-0.05, 0) is 51.4 Å². The van der Waals surface area contributed by atoms with Crippen molar-refractivity contribution < 1.29 is 38.0 Å². The maximum atomic E-state index is 12.8. The summed E-state index contributed by atoms with van der Waals surface area (Å²) >= 11 is 0. The molecule has 0 aromatic carbocycles. The predicted molar refractivity (Wildman–Crippen MR) is 229 cm³/mol. The Morgan fingerprint density at radius 1 is 0.709 bits per heavy atom. The number of likely N-dealkylation sites (N-methyl/N-ethyl adjacent to an activating group) is 1. The largest absolute Gasteiger partial charge is 0.756 e. The molecule has 316 valence electrons. The molecule has 10 heteroatoms. The van der Waals surface area contributed by atoms with Crippen LogP contribution < -0.4 is 10.2 Å². The van der Waals surface area contributed by atoms with Crippen molar-refractivity contribution in [2.45, 2.75) is 154 Å². The van der Waals surface area contributed by atoms with Crippen molar-refractivity contribution in [3.05, 3.63) is 85.1 Å². The second-order valence-corrected chi connectivity index (χ2v) is 16.6. The van der Waals surface area contributed by atoms with E-state index in [1.54, 1.807) is 18.2 Å². The number of phosphoric ester groups is 1. The van der Waals surface area contributed by atoms with Crippen LogP contribution in [0.2, 0.25) is 0 Å². The molecule has 0 heterocycles. The fraction of sp³-hybridized carbons (Fsp3) is 0.667. The minimum Gasteiger partial charge on any atom is -0.756 e. The third-order valence-corrected chi connectivity index (χ3v) is 9.69. The Balaban J connectivity index is 4.75. The van der Waals surface area contributed by atoms with Crippen LogP contribution in [0.15, 0.2) is 85.1 Å². The normalized spacial score (nSPS) is 15.9. The summed E-state index contributed by atoms with van der Waals surface area (Å²) < 4.78 is 23.0. The fourth-order valence-corrected chi connectivity index (χ4v) is 6.04. The van der Waals surface area contributed by atoms with Gasteiger partial charge in [0, 0.05) is 6.42 Å². The van der Waals surface area contributed by atoms with E-state index in [0.717, 1.165) is 51.4 Å². The number of quaternary nitrogens is 1. The summed E-state index contributed by atoms with van der Waals surface area (Å²) in [6.45, 7) is 4.30. The molecule has 0 aliphatic heterocycles. The van der Waals surface area contributed by atoms with Crippen molar-refractivity contribution in [2.24, 2.45) is 0 Å². The van der Waals surface area contributed by atoms with Crippen LogP contribution in [-0.2, 0) is 18.4 Å². The molecule has 0 aromatic heterocycles. The Bertz CT molecular complexity index is 1190. The Hall–Kier alpha value is -2.36. The molecule has 9 nitrogen and oxygen atoms in total. The van der Waals surface area contributed by atoms with Crippen molar-refractivity contribution in [1.29, 1.82) is 0 Å². The van der Waals surface area contributed by atoms with Crippen LogP contribution in [0.25, 0.3) is 0 Å². The van der Waals surface area contributed by atoms with Gasteiger partial charge in [0.1, 0.15) is 13.2 Å². The number of aliphatic hydroxyl groups is 2. The highest BCUT2D eigenvalue weighted by Gasteiger charge is 2.23. The van der Waals surface area contributed by atoms with Gasteiger partial charge >= 0.3 is 0 Å². The summed E-state index contributed by atoms with van der Waals surface area (Å²) in [6, 6.07) is -1.01. The summed E-state index contributed by atoms with van der Waals surface area (Å²) in [7, 11) is 1.10. The van der Waals surface area contributed by atoms with Crippen LogP contribution in [0.5, 0.6) is 0 Å². The molecule has 0 bridgehead atoms. The Labute approximate surface area is 336 Å². The van der Waals surface area contributed by atoms with Gasteiger partial charge in [-0.25, -0.2) is 0 Å². The van der Waals surface area contributed by atoms with E-state index in [2.05, 4.69) is 67.8 Å². The van der Waals surface area contributed by atoms with E-state index >= 15 is 0 Å². The highest BCUT2D eigenvalue weighted by Crippen LogP contribution is 2.38. The Morgan fingerprint density at radius 2 is 1.24 bits per heavy atom. The summed E-state index contributed by atoms with van der Waals surface area (Å²) in [5.74, 6) is -0.430. The van der Waals surface area contributed by atoms with E-state index in [9.17, 15) is 24.5 Å². The molecule has 0 saturated carbocycles. The lowest BCUT2D eigenvalue weighted by molar-refractivity contribution is -0.870. The molecule has 0 aromatic rings. The first-order valence-electron chi connectivity index (χ1n) is 21.1. The summed E-state index contributed by atoms with van der Waals surface area (Å²) in [5, 5.41) is 24.0. The third kappa shape index (κ3) is 38.3. The summed E-state index contributed by atoms with van der Waals surface area (Å²) in [6.07, 6.45) is 45.2. The van der Waals surface area contributed by atoms with Gasteiger partial charge in [0.15, 0.2) is 0 Å². The van der Waals surface area contributed by atoms with E-state index in [4.69, 9.17) is 9.05 Å². The van der Waals surface area contributed by atoms with Crippen molar-refractivity contribution in [3.63, 3.8) is 0 Å². The van der Waals surface area contributed by atoms with Crippen molar-refractivity contribution in [2.75, 3.05) is 40.9 Å². The van der Waals surface area contributed by atoms with E-state index < -0.39 is 38.6 Å². The average Bonchev–Trinajstić information content (AvgIpc) is 3.13. The number of allylic oxidation sites excluding steroid dienone is 12. The molecule has 0 aliphatic rings. The molecule has 4 atom stereocenters. The van der Waals surface area contributed by atoms with Gasteiger partial charge in [-0.3, -0.25) is 9.36 Å². The molecule has 0 spiro atoms. The number of nitrogens with one attached hydrogen (secondary N) is 1. The van der Waals surface area contributed by atoms with Crippen molar-refractivity contribution in [3.8, 4) is 0 Å². The van der Waals surface area contributed by atoms with Gasteiger partial charge in [0.25, 0.3) is 7.82 Å². The minimum absolute atomic E-state index is 0.0160. The van der Waals surface area contributed by atoms with E-state index in [1.807, 2.05) is 39.4 Å². The third-order valence-electron chi connectivity index (χ3n) is 8.73. The van der Waals surface area contributed by atoms with Crippen LogP contribution in [0.1, 0.15) is 136 Å². The van der Waals surface area contributed by atoms with Crippen molar-refractivity contribution >= 4 is 13.7 Å². The molecule has 0 saturated heterocycles. The van der Waals surface area contributed by atoms with E-state index in [0.29, 0.717) is 11.0 Å². The lowest BCUT2D eigenvalue weighted by Gasteiger charge is -2.29. The quantitative estimate of drug-likeness (QED) is 0.0190. The number of carbonyl (C=O) groups is 1. The average molecular weight is 791 g/mol. The fourth-order valence-electron chi connectivity index (χ4n) is 5.32. The first-order valence-corrected chi connectivity index (χ1v) is 22.5. The first-order chi connectivity index (χ1) is 26.4. The van der Waals surface area contributed by atoms with E-state index in [1.165, 1.54) is 57.8 Å². The molecule has 0 fully saturated rings. The number of carbonyl (C=O) groups excluding carboxylic acids is 1. The number of hydrogen-bond acceptors (Lipinski definition) is 7.